The van der Waals surface area contributed by atoms with E-state index in [0.29, 0.717) is 71.9 Å². The van der Waals surface area contributed by atoms with Crippen LogP contribution in [0.15, 0.2) is 48.7 Å². The largest absolute Gasteiger partial charge is 0.443 e. The monoisotopic (exact) mass is 853 g/mol. The molecule has 2 aromatic heterocycles. The van der Waals surface area contributed by atoms with E-state index in [9.17, 15) is 32.3 Å². The van der Waals surface area contributed by atoms with E-state index < -0.39 is 35.4 Å². The number of hydrogen-bond donors (Lipinski definition) is 1. The summed E-state index contributed by atoms with van der Waals surface area (Å²) in [5, 5.41) is 2.68. The molecular formula is C45H50F3N9O5. The molecule has 0 unspecified atom stereocenters. The zero-order valence-corrected chi connectivity index (χ0v) is 35.9. The maximum atomic E-state index is 14.3. The van der Waals surface area contributed by atoms with Crippen LogP contribution in [0.5, 0.6) is 0 Å². The Morgan fingerprint density at radius 3 is 2.31 bits per heavy atom. The van der Waals surface area contributed by atoms with Crippen molar-refractivity contribution in [2.75, 3.05) is 68.0 Å². The molecule has 1 N–H and O–H groups in total. The second kappa shape index (κ2) is 17.3. The highest BCUT2D eigenvalue weighted by atomic mass is 19.4. The van der Waals surface area contributed by atoms with E-state index in [4.69, 9.17) is 9.72 Å². The summed E-state index contributed by atoms with van der Waals surface area (Å²) in [5.41, 5.74) is 3.06. The molecule has 326 valence electrons. The number of ether oxygens (including phenoxy) is 1. The van der Waals surface area contributed by atoms with Crippen molar-refractivity contribution in [2.45, 2.75) is 65.8 Å². The molecule has 7 rings (SSSR count). The molecule has 62 heavy (non-hydrogen) atoms. The van der Waals surface area contributed by atoms with E-state index in [-0.39, 0.29) is 36.2 Å². The Kier molecular flexibility index (Phi) is 12.2. The van der Waals surface area contributed by atoms with Crippen LogP contribution in [-0.2, 0) is 42.1 Å². The van der Waals surface area contributed by atoms with Gasteiger partial charge in [0.1, 0.15) is 11.3 Å². The smallest absolute Gasteiger partial charge is 0.417 e. The van der Waals surface area contributed by atoms with E-state index in [1.165, 1.54) is 35.1 Å². The molecule has 17 heteroatoms. The summed E-state index contributed by atoms with van der Waals surface area (Å²) in [4.78, 5) is 69.6. The van der Waals surface area contributed by atoms with Crippen LogP contribution in [0.4, 0.5) is 40.1 Å². The third-order valence-corrected chi connectivity index (χ3v) is 11.3. The molecule has 1 fully saturated rings. The summed E-state index contributed by atoms with van der Waals surface area (Å²) in [7, 11) is 3.34. The van der Waals surface area contributed by atoms with E-state index in [1.807, 2.05) is 15.5 Å². The van der Waals surface area contributed by atoms with Gasteiger partial charge in [0.05, 0.1) is 22.4 Å². The minimum atomic E-state index is -4.59. The minimum Gasteiger partial charge on any atom is -0.443 e. The molecule has 5 amide bonds. The van der Waals surface area contributed by atoms with Gasteiger partial charge in [-0.05, 0) is 81.3 Å². The van der Waals surface area contributed by atoms with Gasteiger partial charge in [-0.15, -0.1) is 0 Å². The van der Waals surface area contributed by atoms with Gasteiger partial charge in [0.15, 0.2) is 0 Å². The molecule has 1 saturated heterocycles. The lowest BCUT2D eigenvalue weighted by Crippen LogP contribution is -2.45. The number of nitrogens with one attached hydrogen (secondary N) is 1. The summed E-state index contributed by atoms with van der Waals surface area (Å²) in [6.45, 7) is 13.2. The number of rotatable bonds is 6. The Hall–Kier alpha value is -6.25. The second-order valence-electron chi connectivity index (χ2n) is 16.7. The van der Waals surface area contributed by atoms with Crippen molar-refractivity contribution < 1.29 is 37.1 Å². The molecule has 0 bridgehead atoms. The van der Waals surface area contributed by atoms with Crippen LogP contribution in [-0.4, -0.2) is 112 Å². The van der Waals surface area contributed by atoms with Gasteiger partial charge in [-0.25, -0.2) is 24.5 Å². The quantitative estimate of drug-likeness (QED) is 0.214. The highest BCUT2D eigenvalue weighted by Gasteiger charge is 2.37. The molecule has 5 heterocycles. The van der Waals surface area contributed by atoms with Crippen LogP contribution < -0.4 is 15.1 Å². The first-order chi connectivity index (χ1) is 29.3. The molecule has 0 spiro atoms. The number of likely N-dealkylation sites (N-methyl/N-ethyl adjacent to an activating group) is 1. The number of alkyl halides is 3. The first-order valence-corrected chi connectivity index (χ1v) is 20.5. The molecular weight excluding hydrogens is 804 g/mol. The van der Waals surface area contributed by atoms with E-state index in [2.05, 4.69) is 34.0 Å². The van der Waals surface area contributed by atoms with Gasteiger partial charge >= 0.3 is 18.3 Å². The molecule has 0 atom stereocenters. The number of benzene rings is 2. The Morgan fingerprint density at radius 1 is 0.919 bits per heavy atom. The van der Waals surface area contributed by atoms with E-state index in [0.717, 1.165) is 36.2 Å². The van der Waals surface area contributed by atoms with Gasteiger partial charge in [0.2, 0.25) is 11.9 Å². The predicted molar refractivity (Wildman–Crippen MR) is 228 cm³/mol. The third-order valence-electron chi connectivity index (χ3n) is 11.3. The van der Waals surface area contributed by atoms with E-state index >= 15 is 0 Å². The number of amides is 5. The zero-order valence-electron chi connectivity index (χ0n) is 35.9. The summed E-state index contributed by atoms with van der Waals surface area (Å²) in [6.07, 6.45) is -2.93. The van der Waals surface area contributed by atoms with Crippen molar-refractivity contribution >= 4 is 41.3 Å². The average molecular weight is 854 g/mol. The number of halogens is 3. The maximum absolute atomic E-state index is 14.3. The van der Waals surface area contributed by atoms with Gasteiger partial charge in [-0.1, -0.05) is 24.8 Å². The fraction of sp³-hybridized carbons (Fsp3) is 0.422. The normalized spacial score (nSPS) is 15.7. The number of carbonyl (C=O) groups excluding carboxylic acids is 4. The highest BCUT2D eigenvalue weighted by Crippen LogP contribution is 2.36. The fourth-order valence-electron chi connectivity index (χ4n) is 7.86. The van der Waals surface area contributed by atoms with Crippen LogP contribution in [0.3, 0.4) is 0 Å². The van der Waals surface area contributed by atoms with Crippen molar-refractivity contribution in [3.8, 4) is 23.2 Å². The topological polar surface area (TPSA) is 136 Å². The van der Waals surface area contributed by atoms with Crippen LogP contribution >= 0.6 is 0 Å². The summed E-state index contributed by atoms with van der Waals surface area (Å²) in [6, 6.07) is 10.4. The van der Waals surface area contributed by atoms with Gasteiger partial charge in [-0.2, -0.15) is 13.2 Å². The van der Waals surface area contributed by atoms with Crippen LogP contribution in [0.25, 0.3) is 11.4 Å². The highest BCUT2D eigenvalue weighted by molar-refractivity contribution is 6.06. The first-order valence-electron chi connectivity index (χ1n) is 20.5. The van der Waals surface area contributed by atoms with Crippen molar-refractivity contribution in [1.82, 2.24) is 29.2 Å². The molecule has 14 nitrogen and oxygen atoms in total. The maximum Gasteiger partial charge on any atom is 0.417 e. The molecule has 0 saturated carbocycles. The van der Waals surface area contributed by atoms with Crippen molar-refractivity contribution in [1.29, 1.82) is 0 Å². The molecule has 3 aliphatic rings. The molecule has 0 aliphatic carbocycles. The SMILES string of the molecule is CCN1CCN(Cc2ccc(NC(=O)N3CCc4cc(C#Cc5cnc(N(C)C(C)=O)nc5-c5cc6c(n5C)CCN(C(=O)OC(C)(C)C)C6=O)ccc43)cc2C(F)(F)F)CC1. The van der Waals surface area contributed by atoms with Crippen LogP contribution in [0.2, 0.25) is 0 Å². The first kappa shape index (κ1) is 43.8. The Bertz CT molecular complexity index is 2490. The Morgan fingerprint density at radius 2 is 1.63 bits per heavy atom. The standard InChI is InChI=1S/C45H50F3N9O5/c1-8-54-19-21-55(22-20-54)27-32-12-13-33(24-35(32)45(46,47)48)50-42(60)56-17-15-30-23-29(10-14-36(30)56)9-11-31-26-49-41(52(6)28(2)58)51-39(31)38-25-34-37(53(38)7)16-18-57(40(34)59)43(61)62-44(3,4)5/h10,12-14,23-26H,8,15-22,27H2,1-7H3,(H,50,60). The number of nitrogens with zero attached hydrogens (tertiary/aromatic N) is 8. The van der Waals surface area contributed by atoms with Gasteiger partial charge < -0.3 is 19.5 Å². The van der Waals surface area contributed by atoms with E-state index in [1.54, 1.807) is 53.1 Å². The van der Waals surface area contributed by atoms with Gasteiger partial charge in [0.25, 0.3) is 5.91 Å². The zero-order chi connectivity index (χ0) is 44.7. The molecule has 3 aliphatic heterocycles. The number of piperazine rings is 1. The average Bonchev–Trinajstić information content (AvgIpc) is 3.80. The predicted octanol–water partition coefficient (Wildman–Crippen LogP) is 6.55. The number of urea groups is 1. The lowest BCUT2D eigenvalue weighted by Gasteiger charge is -2.34. The van der Waals surface area contributed by atoms with Crippen molar-refractivity contribution in [3.63, 3.8) is 0 Å². The Labute approximate surface area is 358 Å². The van der Waals surface area contributed by atoms with Crippen molar-refractivity contribution in [3.05, 3.63) is 87.7 Å². The number of hydrogen-bond acceptors (Lipinski definition) is 9. The molecule has 4 aromatic rings. The number of imide groups is 1. The van der Waals surface area contributed by atoms with Crippen LogP contribution in [0.1, 0.15) is 78.5 Å². The number of fused-ring (bicyclic) bond motifs is 2. The molecule has 0 radical (unpaired) electrons. The van der Waals surface area contributed by atoms with Gasteiger partial charge in [0, 0.05) is 102 Å². The molecule has 2 aromatic carbocycles. The van der Waals surface area contributed by atoms with Gasteiger partial charge in [-0.3, -0.25) is 24.3 Å². The minimum absolute atomic E-state index is 0.0557. The second-order valence-corrected chi connectivity index (χ2v) is 16.7. The number of carbonyl (C=O) groups is 4. The number of anilines is 3. The summed E-state index contributed by atoms with van der Waals surface area (Å²) >= 11 is 0. The third kappa shape index (κ3) is 9.31. The lowest BCUT2D eigenvalue weighted by molar-refractivity contribution is -0.138. The number of aromatic nitrogens is 3. The fourth-order valence-corrected chi connectivity index (χ4v) is 7.86. The van der Waals surface area contributed by atoms with Crippen LogP contribution in [0, 0.1) is 11.8 Å². The Balaban J connectivity index is 1.11. The summed E-state index contributed by atoms with van der Waals surface area (Å²) < 4.78 is 50.1. The summed E-state index contributed by atoms with van der Waals surface area (Å²) in [5.74, 6) is 5.65. The van der Waals surface area contributed by atoms with Crippen molar-refractivity contribution in [2.24, 2.45) is 7.05 Å². The lowest BCUT2D eigenvalue weighted by atomic mass is 10.0.